The second-order valence-electron chi connectivity index (χ2n) is 7.81. The monoisotopic (exact) mass is 508 g/mol. The van der Waals surface area contributed by atoms with Gasteiger partial charge in [0.2, 0.25) is 5.91 Å². The van der Waals surface area contributed by atoms with E-state index in [1.54, 1.807) is 31.4 Å². The molecule has 9 heteroatoms. The minimum absolute atomic E-state index is 0.0521. The molecule has 2 aromatic rings. The lowest BCUT2D eigenvalue weighted by atomic mass is 10.0. The third kappa shape index (κ3) is 5.66. The van der Waals surface area contributed by atoms with Crippen molar-refractivity contribution in [2.24, 2.45) is 0 Å². The lowest BCUT2D eigenvalue weighted by Gasteiger charge is -2.49. The maximum absolute atomic E-state index is 13.1. The number of rotatable bonds is 9. The van der Waals surface area contributed by atoms with Crippen molar-refractivity contribution in [3.05, 3.63) is 76.3 Å². The van der Waals surface area contributed by atoms with Crippen LogP contribution in [-0.4, -0.2) is 52.7 Å². The molecule has 0 aliphatic carbocycles. The van der Waals surface area contributed by atoms with Crippen LogP contribution in [0.5, 0.6) is 5.75 Å². The summed E-state index contributed by atoms with van der Waals surface area (Å²) >= 11 is 2.84. The molecule has 0 spiro atoms. The standard InChI is InChI=1S/C26H24N2O5S2/c1-3-13-34-20-16-35-25-22(27-21(29)14-17-7-5-4-6-8-17)24(30)28(25)23(20)26(31)33-15-18-9-11-19(32-2)12-10-18/h1,4-12,22,25H,13-16H2,2H3,(H,27,29)/t22-,25+/m1/s1. The summed E-state index contributed by atoms with van der Waals surface area (Å²) in [4.78, 5) is 40.8. The van der Waals surface area contributed by atoms with Gasteiger partial charge in [0.1, 0.15) is 29.5 Å². The molecule has 0 aromatic heterocycles. The number of nitrogens with one attached hydrogen (secondary N) is 1. The normalized spacial score (nSPS) is 18.7. The summed E-state index contributed by atoms with van der Waals surface area (Å²) in [6.45, 7) is 0.0521. The molecule has 1 fully saturated rings. The highest BCUT2D eigenvalue weighted by Gasteiger charge is 2.54. The number of terminal acetylenes is 1. The summed E-state index contributed by atoms with van der Waals surface area (Å²) in [6.07, 6.45) is 5.59. The van der Waals surface area contributed by atoms with Crippen molar-refractivity contribution in [3.8, 4) is 18.1 Å². The van der Waals surface area contributed by atoms with Gasteiger partial charge in [0.15, 0.2) is 0 Å². The van der Waals surface area contributed by atoms with Gasteiger partial charge >= 0.3 is 5.97 Å². The Labute approximate surface area is 212 Å². The van der Waals surface area contributed by atoms with E-state index in [1.807, 2.05) is 30.3 Å². The summed E-state index contributed by atoms with van der Waals surface area (Å²) in [5, 5.41) is 2.45. The number of esters is 1. The van der Waals surface area contributed by atoms with Gasteiger partial charge in [-0.1, -0.05) is 48.4 Å². The SMILES string of the molecule is C#CCSC1=C(C(=O)OCc2ccc(OC)cc2)N2C(=O)[C@@H](NC(=O)Cc3ccccc3)[C@@H]2SC1. The Balaban J connectivity index is 1.45. The quantitative estimate of drug-likeness (QED) is 0.317. The van der Waals surface area contributed by atoms with Crippen LogP contribution in [0.25, 0.3) is 0 Å². The van der Waals surface area contributed by atoms with Crippen molar-refractivity contribution in [1.82, 2.24) is 10.2 Å². The first-order valence-corrected chi connectivity index (χ1v) is 12.9. The van der Waals surface area contributed by atoms with Crippen molar-refractivity contribution >= 4 is 41.3 Å². The van der Waals surface area contributed by atoms with E-state index in [1.165, 1.54) is 28.4 Å². The number of nitrogens with zero attached hydrogens (tertiary/aromatic N) is 1. The fourth-order valence-corrected chi connectivity index (χ4v) is 6.07. The lowest BCUT2D eigenvalue weighted by Crippen LogP contribution is -2.70. The smallest absolute Gasteiger partial charge is 0.356 e. The number of benzene rings is 2. The Morgan fingerprint density at radius 1 is 1.17 bits per heavy atom. The van der Waals surface area contributed by atoms with Crippen LogP contribution in [-0.2, 0) is 32.1 Å². The molecular formula is C26H24N2O5S2. The Morgan fingerprint density at radius 3 is 2.60 bits per heavy atom. The topological polar surface area (TPSA) is 84.9 Å². The van der Waals surface area contributed by atoms with E-state index in [0.717, 1.165) is 11.1 Å². The number of hydrogen-bond donors (Lipinski definition) is 1. The third-order valence-electron chi connectivity index (χ3n) is 5.51. The summed E-state index contributed by atoms with van der Waals surface area (Å²) in [5.74, 6) is 2.96. The highest BCUT2D eigenvalue weighted by atomic mass is 32.2. The number of carbonyl (C=O) groups excluding carboxylic acids is 3. The van der Waals surface area contributed by atoms with E-state index in [0.29, 0.717) is 22.2 Å². The number of amides is 2. The molecule has 2 amide bonds. The lowest BCUT2D eigenvalue weighted by molar-refractivity contribution is -0.153. The molecule has 180 valence electrons. The fraction of sp³-hybridized carbons (Fsp3) is 0.269. The highest BCUT2D eigenvalue weighted by molar-refractivity contribution is 8.06. The van der Waals surface area contributed by atoms with E-state index in [2.05, 4.69) is 11.2 Å². The van der Waals surface area contributed by atoms with E-state index < -0.39 is 12.0 Å². The number of carbonyl (C=O) groups is 3. The van der Waals surface area contributed by atoms with Gasteiger partial charge in [-0.05, 0) is 23.3 Å². The second-order valence-corrected chi connectivity index (χ2v) is 9.98. The number of methoxy groups -OCH3 is 1. The number of thioether (sulfide) groups is 2. The molecule has 0 radical (unpaired) electrons. The molecule has 2 aliphatic rings. The zero-order valence-corrected chi connectivity index (χ0v) is 20.7. The van der Waals surface area contributed by atoms with E-state index in [-0.39, 0.29) is 35.9 Å². The maximum atomic E-state index is 13.1. The molecule has 1 N–H and O–H groups in total. The number of hydrogen-bond acceptors (Lipinski definition) is 7. The predicted molar refractivity (Wildman–Crippen MR) is 136 cm³/mol. The van der Waals surface area contributed by atoms with E-state index in [4.69, 9.17) is 15.9 Å². The Kier molecular flexibility index (Phi) is 8.06. The van der Waals surface area contributed by atoms with E-state index in [9.17, 15) is 14.4 Å². The molecule has 2 aromatic carbocycles. The third-order valence-corrected chi connectivity index (χ3v) is 7.97. The molecule has 0 unspecified atom stereocenters. The molecule has 35 heavy (non-hydrogen) atoms. The molecule has 4 rings (SSSR count). The average molecular weight is 509 g/mol. The summed E-state index contributed by atoms with van der Waals surface area (Å²) in [6, 6.07) is 15.8. The van der Waals surface area contributed by atoms with Crippen LogP contribution in [0.3, 0.4) is 0 Å². The summed E-state index contributed by atoms with van der Waals surface area (Å²) in [5.41, 5.74) is 1.86. The second kappa shape index (κ2) is 11.4. The largest absolute Gasteiger partial charge is 0.497 e. The van der Waals surface area contributed by atoms with Crippen LogP contribution in [0.2, 0.25) is 0 Å². The van der Waals surface area contributed by atoms with E-state index >= 15 is 0 Å². The molecule has 0 saturated carbocycles. The molecule has 0 bridgehead atoms. The first-order valence-electron chi connectivity index (χ1n) is 10.9. The van der Waals surface area contributed by atoms with Crippen LogP contribution < -0.4 is 10.1 Å². The highest BCUT2D eigenvalue weighted by Crippen LogP contribution is 2.43. The van der Waals surface area contributed by atoms with Gasteiger partial charge in [0, 0.05) is 10.7 Å². The summed E-state index contributed by atoms with van der Waals surface area (Å²) in [7, 11) is 1.58. The van der Waals surface area contributed by atoms with Gasteiger partial charge in [0.25, 0.3) is 5.91 Å². The van der Waals surface area contributed by atoms with Gasteiger partial charge in [-0.3, -0.25) is 14.5 Å². The molecule has 1 saturated heterocycles. The van der Waals surface area contributed by atoms with Crippen LogP contribution in [0.1, 0.15) is 11.1 Å². The Morgan fingerprint density at radius 2 is 1.91 bits per heavy atom. The first kappa shape index (κ1) is 24.8. The van der Waals surface area contributed by atoms with Gasteiger partial charge in [-0.15, -0.1) is 29.9 Å². The molecule has 2 aliphatic heterocycles. The van der Waals surface area contributed by atoms with Crippen molar-refractivity contribution in [1.29, 1.82) is 0 Å². The predicted octanol–water partition coefficient (Wildman–Crippen LogP) is 2.96. The number of β-lactam (4-membered cyclic amide) rings is 1. The minimum atomic E-state index is -0.695. The summed E-state index contributed by atoms with van der Waals surface area (Å²) < 4.78 is 10.7. The van der Waals surface area contributed by atoms with Crippen molar-refractivity contribution in [2.75, 3.05) is 18.6 Å². The van der Waals surface area contributed by atoms with Crippen molar-refractivity contribution in [2.45, 2.75) is 24.4 Å². The fourth-order valence-electron chi connectivity index (χ4n) is 3.76. The molecule has 2 heterocycles. The van der Waals surface area contributed by atoms with Gasteiger partial charge < -0.3 is 14.8 Å². The average Bonchev–Trinajstić information content (AvgIpc) is 2.89. The molecule has 7 nitrogen and oxygen atoms in total. The van der Waals surface area contributed by atoms with Crippen molar-refractivity contribution < 1.29 is 23.9 Å². The Hall–Kier alpha value is -3.35. The first-order chi connectivity index (χ1) is 17.0. The van der Waals surface area contributed by atoms with Gasteiger partial charge in [0.05, 0.1) is 19.3 Å². The van der Waals surface area contributed by atoms with Crippen LogP contribution in [0.15, 0.2) is 65.2 Å². The maximum Gasteiger partial charge on any atom is 0.356 e. The minimum Gasteiger partial charge on any atom is -0.497 e. The molecular weight excluding hydrogens is 484 g/mol. The van der Waals surface area contributed by atoms with Gasteiger partial charge in [-0.25, -0.2) is 4.79 Å². The van der Waals surface area contributed by atoms with Crippen LogP contribution in [0, 0.1) is 12.3 Å². The Bertz CT molecular complexity index is 1170. The number of fused-ring (bicyclic) bond motifs is 1. The van der Waals surface area contributed by atoms with Gasteiger partial charge in [-0.2, -0.15) is 0 Å². The number of ether oxygens (including phenoxy) is 2. The molecule has 2 atom stereocenters. The van der Waals surface area contributed by atoms with Crippen LogP contribution >= 0.6 is 23.5 Å². The van der Waals surface area contributed by atoms with Crippen molar-refractivity contribution in [3.63, 3.8) is 0 Å². The zero-order valence-electron chi connectivity index (χ0n) is 19.1. The van der Waals surface area contributed by atoms with Crippen LogP contribution in [0.4, 0.5) is 0 Å². The zero-order chi connectivity index (χ0) is 24.8.